The van der Waals surface area contributed by atoms with Gasteiger partial charge in [0.05, 0.1) is 36.0 Å². The van der Waals surface area contributed by atoms with Crippen LogP contribution in [0.1, 0.15) is 71.5 Å². The summed E-state index contributed by atoms with van der Waals surface area (Å²) >= 11 is 0. The largest absolute Gasteiger partial charge is 0.383 e. The second kappa shape index (κ2) is 10.4. The van der Waals surface area contributed by atoms with Gasteiger partial charge in [-0.25, -0.2) is 9.37 Å². The van der Waals surface area contributed by atoms with Crippen molar-refractivity contribution in [2.24, 2.45) is 0 Å². The lowest BCUT2D eigenvalue weighted by atomic mass is 10.1. The number of rotatable bonds is 10. The van der Waals surface area contributed by atoms with Crippen LogP contribution in [0.2, 0.25) is 25.7 Å². The smallest absolute Gasteiger partial charge is 0.271 e. The van der Waals surface area contributed by atoms with Gasteiger partial charge in [0.25, 0.3) is 5.91 Å². The van der Waals surface area contributed by atoms with Crippen LogP contribution in [0.5, 0.6) is 0 Å². The summed E-state index contributed by atoms with van der Waals surface area (Å²) in [6, 6.07) is 3.81. The van der Waals surface area contributed by atoms with Crippen LogP contribution in [0.25, 0.3) is 11.0 Å². The molecule has 1 atom stereocenters. The van der Waals surface area contributed by atoms with Gasteiger partial charge >= 0.3 is 0 Å². The zero-order chi connectivity index (χ0) is 27.2. The molecule has 204 valence electrons. The maximum atomic E-state index is 15.1. The molecule has 10 heteroatoms. The number of hydrogen-bond acceptors (Lipinski definition) is 6. The fraction of sp³-hybridized carbons (Fsp3) is 0.536. The first-order valence-electron chi connectivity index (χ1n) is 13.5. The predicted molar refractivity (Wildman–Crippen MR) is 148 cm³/mol. The number of nitrogens with two attached hydrogens (primary N) is 1. The van der Waals surface area contributed by atoms with Crippen LogP contribution < -0.4 is 5.73 Å². The van der Waals surface area contributed by atoms with Crippen molar-refractivity contribution in [3.8, 4) is 0 Å². The second-order valence-electron chi connectivity index (χ2n) is 11.7. The molecule has 1 saturated carbocycles. The van der Waals surface area contributed by atoms with Crippen LogP contribution in [0, 0.1) is 5.82 Å². The number of halogens is 1. The third kappa shape index (κ3) is 5.21. The Morgan fingerprint density at radius 3 is 2.68 bits per heavy atom. The Morgan fingerprint density at radius 1 is 1.29 bits per heavy atom. The number of amides is 1. The van der Waals surface area contributed by atoms with Crippen molar-refractivity contribution >= 4 is 30.8 Å². The summed E-state index contributed by atoms with van der Waals surface area (Å²) in [7, 11) is -1.28. The Balaban J connectivity index is 1.50. The highest BCUT2D eigenvalue weighted by atomic mass is 28.3. The number of carbonyl (C=O) groups is 1. The van der Waals surface area contributed by atoms with Crippen LogP contribution >= 0.6 is 0 Å². The average Bonchev–Trinajstić information content (AvgIpc) is 3.48. The van der Waals surface area contributed by atoms with E-state index in [1.807, 2.05) is 18.4 Å². The Bertz CT molecular complexity index is 1360. The van der Waals surface area contributed by atoms with Crippen molar-refractivity contribution in [1.82, 2.24) is 19.4 Å². The number of fused-ring (bicyclic) bond motifs is 3. The van der Waals surface area contributed by atoms with Crippen molar-refractivity contribution in [3.05, 3.63) is 52.2 Å². The first-order valence-corrected chi connectivity index (χ1v) is 17.2. The van der Waals surface area contributed by atoms with Gasteiger partial charge in [0, 0.05) is 38.5 Å². The first kappa shape index (κ1) is 26.8. The number of pyridine rings is 2. The lowest BCUT2D eigenvalue weighted by Gasteiger charge is -2.28. The summed E-state index contributed by atoms with van der Waals surface area (Å²) in [5.74, 6) is 0.231. The molecule has 0 saturated heterocycles. The maximum Gasteiger partial charge on any atom is 0.271 e. The van der Waals surface area contributed by atoms with Crippen LogP contribution in [-0.2, 0) is 29.4 Å². The van der Waals surface area contributed by atoms with Gasteiger partial charge in [-0.05, 0) is 56.3 Å². The summed E-state index contributed by atoms with van der Waals surface area (Å²) in [6.07, 6.45) is 3.91. The van der Waals surface area contributed by atoms with Gasteiger partial charge in [0.15, 0.2) is 0 Å². The molecule has 1 fully saturated rings. The number of hydrogen-bond donors (Lipinski definition) is 1. The molecule has 0 radical (unpaired) electrons. The van der Waals surface area contributed by atoms with Crippen LogP contribution in [0.3, 0.4) is 0 Å². The van der Waals surface area contributed by atoms with Gasteiger partial charge < -0.3 is 24.7 Å². The van der Waals surface area contributed by atoms with Gasteiger partial charge in [-0.2, -0.15) is 0 Å². The van der Waals surface area contributed by atoms with Crippen molar-refractivity contribution in [2.45, 2.75) is 84.3 Å². The third-order valence-electron chi connectivity index (χ3n) is 7.61. The molecule has 5 rings (SSSR count). The highest BCUT2D eigenvalue weighted by Gasteiger charge is 2.31. The zero-order valence-corrected chi connectivity index (χ0v) is 24.0. The number of aromatic nitrogens is 3. The monoisotopic (exact) mass is 539 g/mol. The molecule has 2 N–H and O–H groups in total. The minimum absolute atomic E-state index is 0.210. The fourth-order valence-corrected chi connectivity index (χ4v) is 5.90. The highest BCUT2D eigenvalue weighted by Crippen LogP contribution is 2.40. The summed E-state index contributed by atoms with van der Waals surface area (Å²) in [4.78, 5) is 24.8. The standard InChI is InChI=1S/C28H38FN5O3Si/c1-6-33(17(2)25-22(29)11-19(13-31-25)18-7-8-18)28(35)24-12-23-26(20-14-37-15-21(20)27(30)32-23)34(24)16-36-9-10-38(3,4)5/h11-13,17-18H,6-10,14-16H2,1-5H3,(H2,30,32)/t17-/m1/s1. The van der Waals surface area contributed by atoms with Gasteiger partial charge in [0.2, 0.25) is 0 Å². The molecule has 3 aromatic rings. The molecule has 4 heterocycles. The van der Waals surface area contributed by atoms with Crippen molar-refractivity contribution in [1.29, 1.82) is 0 Å². The molecule has 0 unspecified atom stereocenters. The van der Waals surface area contributed by atoms with Gasteiger partial charge in [0.1, 0.15) is 24.1 Å². The molecule has 38 heavy (non-hydrogen) atoms. The van der Waals surface area contributed by atoms with Crippen molar-refractivity contribution < 1.29 is 18.7 Å². The maximum absolute atomic E-state index is 15.1. The first-order chi connectivity index (χ1) is 18.1. The summed E-state index contributed by atoms with van der Waals surface area (Å²) in [6.45, 7) is 12.6. The van der Waals surface area contributed by atoms with E-state index in [1.165, 1.54) is 0 Å². The molecule has 3 aromatic heterocycles. The van der Waals surface area contributed by atoms with Gasteiger partial charge in [-0.15, -0.1) is 0 Å². The number of ether oxygens (including phenoxy) is 2. The number of anilines is 1. The molecular weight excluding hydrogens is 501 g/mol. The van der Waals surface area contributed by atoms with E-state index < -0.39 is 14.1 Å². The van der Waals surface area contributed by atoms with Crippen LogP contribution in [0.15, 0.2) is 18.3 Å². The van der Waals surface area contributed by atoms with E-state index in [4.69, 9.17) is 15.2 Å². The molecule has 1 amide bonds. The summed E-state index contributed by atoms with van der Waals surface area (Å²) < 4.78 is 28.8. The van der Waals surface area contributed by atoms with E-state index in [9.17, 15) is 4.79 Å². The minimum atomic E-state index is -1.28. The van der Waals surface area contributed by atoms with Crippen LogP contribution in [-0.4, -0.2) is 46.6 Å². The molecule has 0 spiro atoms. The van der Waals surface area contributed by atoms with Crippen molar-refractivity contribution in [2.75, 3.05) is 18.9 Å². The van der Waals surface area contributed by atoms with E-state index in [0.29, 0.717) is 49.3 Å². The SMILES string of the molecule is CCN(C(=O)c1cc2nc(N)c3c(c2n1COCC[Si](C)(C)C)COC3)[C@H](C)c1ncc(C2CC2)cc1F. The minimum Gasteiger partial charge on any atom is -0.383 e. The molecule has 0 bridgehead atoms. The third-order valence-corrected chi connectivity index (χ3v) is 9.31. The Hall–Kier alpha value is -2.82. The lowest BCUT2D eigenvalue weighted by Crippen LogP contribution is -2.35. The van der Waals surface area contributed by atoms with E-state index in [1.54, 1.807) is 23.2 Å². The summed E-state index contributed by atoms with van der Waals surface area (Å²) in [5, 5.41) is 0. The number of carbonyl (C=O) groups excluding carboxylic acids is 1. The number of nitrogens with zero attached hydrogens (tertiary/aromatic N) is 4. The Morgan fingerprint density at radius 2 is 2.03 bits per heavy atom. The molecule has 8 nitrogen and oxygen atoms in total. The van der Waals surface area contributed by atoms with Crippen molar-refractivity contribution in [3.63, 3.8) is 0 Å². The normalized spacial score (nSPS) is 16.2. The van der Waals surface area contributed by atoms with E-state index in [-0.39, 0.29) is 24.1 Å². The van der Waals surface area contributed by atoms with E-state index in [2.05, 4.69) is 29.6 Å². The predicted octanol–water partition coefficient (Wildman–Crippen LogP) is 5.60. The zero-order valence-electron chi connectivity index (χ0n) is 23.0. The highest BCUT2D eigenvalue weighted by molar-refractivity contribution is 6.76. The summed E-state index contributed by atoms with van der Waals surface area (Å²) in [5.41, 5.74) is 11.1. The molecule has 2 aliphatic rings. The van der Waals surface area contributed by atoms with Gasteiger partial charge in [-0.3, -0.25) is 9.78 Å². The second-order valence-corrected chi connectivity index (χ2v) is 17.3. The molecule has 0 aromatic carbocycles. The number of nitrogen functional groups attached to an aromatic ring is 1. The molecule has 1 aliphatic carbocycles. The lowest BCUT2D eigenvalue weighted by molar-refractivity contribution is 0.0632. The average molecular weight is 540 g/mol. The van der Waals surface area contributed by atoms with Gasteiger partial charge in [-0.1, -0.05) is 19.6 Å². The molecule has 1 aliphatic heterocycles. The van der Waals surface area contributed by atoms with E-state index >= 15 is 4.39 Å². The molecular formula is C28H38FN5O3Si. The fourth-order valence-electron chi connectivity index (χ4n) is 5.15. The Labute approximate surface area is 224 Å². The van der Waals surface area contributed by atoms with Crippen LogP contribution in [0.4, 0.5) is 10.2 Å². The Kier molecular flexibility index (Phi) is 7.32. The topological polar surface area (TPSA) is 95.5 Å². The van der Waals surface area contributed by atoms with E-state index in [0.717, 1.165) is 41.1 Å². The quantitative estimate of drug-likeness (QED) is 0.266.